The van der Waals surface area contributed by atoms with Gasteiger partial charge in [-0.2, -0.15) is 0 Å². The van der Waals surface area contributed by atoms with E-state index in [9.17, 15) is 4.79 Å². The Hall–Kier alpha value is -1.37. The molecule has 1 atom stereocenters. The molecule has 0 aliphatic carbocycles. The first-order chi connectivity index (χ1) is 9.20. The minimum absolute atomic E-state index is 0.109. The van der Waals surface area contributed by atoms with Crippen LogP contribution < -0.4 is 10.6 Å². The number of amides is 1. The minimum Gasteiger partial charge on any atom is -0.376 e. The highest BCUT2D eigenvalue weighted by Crippen LogP contribution is 2.17. The molecule has 104 valence electrons. The van der Waals surface area contributed by atoms with Crippen LogP contribution in [0.25, 0.3) is 0 Å². The Morgan fingerprint density at radius 1 is 1.58 bits per heavy atom. The molecule has 1 aliphatic rings. The highest BCUT2D eigenvalue weighted by atomic mass is 35.5. The lowest BCUT2D eigenvalue weighted by molar-refractivity contribution is -0.0855. The van der Waals surface area contributed by atoms with Crippen LogP contribution in [0.1, 0.15) is 10.4 Å². The van der Waals surface area contributed by atoms with E-state index in [-0.39, 0.29) is 12.0 Å². The monoisotopic (exact) mass is 285 g/mol. The van der Waals surface area contributed by atoms with E-state index in [0.717, 1.165) is 0 Å². The predicted octanol–water partition coefficient (Wildman–Crippen LogP) is 0.922. The quantitative estimate of drug-likeness (QED) is 0.861. The Morgan fingerprint density at radius 3 is 3.11 bits per heavy atom. The summed E-state index contributed by atoms with van der Waals surface area (Å²) in [5, 5.41) is 5.95. The summed E-state index contributed by atoms with van der Waals surface area (Å²) in [6, 6.07) is 1.61. The van der Waals surface area contributed by atoms with Gasteiger partial charge >= 0.3 is 0 Å². The first kappa shape index (κ1) is 14.0. The van der Waals surface area contributed by atoms with Crippen LogP contribution in [0.15, 0.2) is 12.3 Å². The van der Waals surface area contributed by atoms with Gasteiger partial charge in [0.25, 0.3) is 5.91 Å². The number of carbonyl (C=O) groups excluding carboxylic acids is 1. The van der Waals surface area contributed by atoms with Crippen molar-refractivity contribution in [3.05, 3.63) is 22.8 Å². The molecule has 1 saturated heterocycles. The Balaban J connectivity index is 1.95. The van der Waals surface area contributed by atoms with E-state index < -0.39 is 0 Å². The highest BCUT2D eigenvalue weighted by Gasteiger charge is 2.17. The lowest BCUT2D eigenvalue weighted by Gasteiger charge is -2.23. The van der Waals surface area contributed by atoms with Crippen molar-refractivity contribution in [2.24, 2.45) is 0 Å². The number of aromatic nitrogens is 1. The van der Waals surface area contributed by atoms with E-state index >= 15 is 0 Å². The Kier molecular flexibility index (Phi) is 4.95. The van der Waals surface area contributed by atoms with Crippen molar-refractivity contribution in [2.75, 3.05) is 38.7 Å². The SMILES string of the molecule is CNc1cc(C(=O)NCC2COCCO2)c(Cl)cn1. The van der Waals surface area contributed by atoms with Crippen LogP contribution >= 0.6 is 11.6 Å². The van der Waals surface area contributed by atoms with Gasteiger partial charge in [-0.3, -0.25) is 4.79 Å². The van der Waals surface area contributed by atoms with Crippen molar-refractivity contribution in [3.63, 3.8) is 0 Å². The van der Waals surface area contributed by atoms with E-state index in [1.165, 1.54) is 6.20 Å². The molecule has 1 unspecified atom stereocenters. The third-order valence-electron chi connectivity index (χ3n) is 2.73. The summed E-state index contributed by atoms with van der Waals surface area (Å²) in [4.78, 5) is 16.1. The lowest BCUT2D eigenvalue weighted by atomic mass is 10.2. The van der Waals surface area contributed by atoms with Gasteiger partial charge in [0.15, 0.2) is 0 Å². The van der Waals surface area contributed by atoms with E-state index in [0.29, 0.717) is 42.8 Å². The van der Waals surface area contributed by atoms with Crippen molar-refractivity contribution in [1.29, 1.82) is 0 Å². The van der Waals surface area contributed by atoms with E-state index in [1.54, 1.807) is 13.1 Å². The first-order valence-electron chi connectivity index (χ1n) is 6.01. The molecule has 1 aliphatic heterocycles. The number of nitrogens with one attached hydrogen (secondary N) is 2. The Morgan fingerprint density at radius 2 is 2.42 bits per heavy atom. The number of ether oxygens (including phenoxy) is 2. The second kappa shape index (κ2) is 6.70. The van der Waals surface area contributed by atoms with Crippen LogP contribution in [0.3, 0.4) is 0 Å². The molecule has 1 fully saturated rings. The number of hydrogen-bond acceptors (Lipinski definition) is 5. The normalized spacial score (nSPS) is 18.9. The summed E-state index contributed by atoms with van der Waals surface area (Å²) in [6.45, 7) is 2.05. The predicted molar refractivity (Wildman–Crippen MR) is 71.7 cm³/mol. The van der Waals surface area contributed by atoms with Gasteiger partial charge in [-0.25, -0.2) is 4.98 Å². The summed E-state index contributed by atoms with van der Waals surface area (Å²) < 4.78 is 10.7. The fourth-order valence-corrected chi connectivity index (χ4v) is 1.89. The molecule has 2 rings (SSSR count). The third-order valence-corrected chi connectivity index (χ3v) is 3.03. The van der Waals surface area contributed by atoms with Gasteiger partial charge in [-0.05, 0) is 6.07 Å². The van der Waals surface area contributed by atoms with Gasteiger partial charge in [-0.1, -0.05) is 11.6 Å². The number of anilines is 1. The summed E-state index contributed by atoms with van der Waals surface area (Å²) in [6.07, 6.45) is 1.34. The fraction of sp³-hybridized carbons (Fsp3) is 0.500. The van der Waals surface area contributed by atoms with E-state index in [2.05, 4.69) is 15.6 Å². The second-order valence-corrected chi connectivity index (χ2v) is 4.48. The van der Waals surface area contributed by atoms with Gasteiger partial charge in [0.1, 0.15) is 5.82 Å². The fourth-order valence-electron chi connectivity index (χ4n) is 1.71. The Labute approximate surface area is 116 Å². The number of hydrogen-bond donors (Lipinski definition) is 2. The molecule has 0 bridgehead atoms. The number of rotatable bonds is 4. The third kappa shape index (κ3) is 3.79. The average molecular weight is 286 g/mol. The molecule has 7 heteroatoms. The lowest BCUT2D eigenvalue weighted by Crippen LogP contribution is -2.39. The van der Waals surface area contributed by atoms with Crippen molar-refractivity contribution >= 4 is 23.3 Å². The summed E-state index contributed by atoms with van der Waals surface area (Å²) in [7, 11) is 1.73. The van der Waals surface area contributed by atoms with Crippen LogP contribution in [-0.4, -0.2) is 50.4 Å². The number of nitrogens with zero attached hydrogens (tertiary/aromatic N) is 1. The molecule has 2 heterocycles. The van der Waals surface area contributed by atoms with Gasteiger partial charge in [0.2, 0.25) is 0 Å². The number of pyridine rings is 1. The van der Waals surface area contributed by atoms with Crippen molar-refractivity contribution < 1.29 is 14.3 Å². The second-order valence-electron chi connectivity index (χ2n) is 4.08. The molecule has 2 N–H and O–H groups in total. The molecule has 6 nitrogen and oxygen atoms in total. The largest absolute Gasteiger partial charge is 0.376 e. The molecule has 1 aromatic rings. The first-order valence-corrected chi connectivity index (χ1v) is 6.39. The number of halogens is 1. The standard InChI is InChI=1S/C12H16ClN3O3/c1-14-11-4-9(10(13)6-15-11)12(17)16-5-8-7-18-2-3-19-8/h4,6,8H,2-3,5,7H2,1H3,(H,14,15)(H,16,17). The molecule has 0 spiro atoms. The maximum atomic E-state index is 12.0. The highest BCUT2D eigenvalue weighted by molar-refractivity contribution is 6.33. The smallest absolute Gasteiger partial charge is 0.253 e. The van der Waals surface area contributed by atoms with Gasteiger partial charge in [-0.15, -0.1) is 0 Å². The molecule has 0 radical (unpaired) electrons. The molecular formula is C12H16ClN3O3. The van der Waals surface area contributed by atoms with Crippen LogP contribution in [-0.2, 0) is 9.47 Å². The van der Waals surface area contributed by atoms with Crippen LogP contribution in [0.5, 0.6) is 0 Å². The molecular weight excluding hydrogens is 270 g/mol. The summed E-state index contributed by atoms with van der Waals surface area (Å²) in [5.41, 5.74) is 0.387. The zero-order valence-electron chi connectivity index (χ0n) is 10.6. The zero-order valence-corrected chi connectivity index (χ0v) is 11.4. The van der Waals surface area contributed by atoms with Crippen molar-refractivity contribution in [1.82, 2.24) is 10.3 Å². The molecule has 1 amide bonds. The van der Waals surface area contributed by atoms with E-state index in [4.69, 9.17) is 21.1 Å². The van der Waals surface area contributed by atoms with Gasteiger partial charge in [0.05, 0.1) is 36.5 Å². The van der Waals surface area contributed by atoms with E-state index in [1.807, 2.05) is 0 Å². The van der Waals surface area contributed by atoms with Crippen LogP contribution in [0.4, 0.5) is 5.82 Å². The zero-order chi connectivity index (χ0) is 13.7. The Bertz CT molecular complexity index is 450. The van der Waals surface area contributed by atoms with Crippen molar-refractivity contribution in [2.45, 2.75) is 6.10 Å². The van der Waals surface area contributed by atoms with Crippen molar-refractivity contribution in [3.8, 4) is 0 Å². The average Bonchev–Trinajstić information content (AvgIpc) is 2.46. The summed E-state index contributed by atoms with van der Waals surface area (Å²) in [5.74, 6) is 0.338. The van der Waals surface area contributed by atoms with Gasteiger partial charge < -0.3 is 20.1 Å². The topological polar surface area (TPSA) is 72.5 Å². The molecule has 19 heavy (non-hydrogen) atoms. The number of carbonyl (C=O) groups is 1. The molecule has 0 saturated carbocycles. The van der Waals surface area contributed by atoms with Crippen LogP contribution in [0, 0.1) is 0 Å². The molecule has 1 aromatic heterocycles. The molecule has 0 aromatic carbocycles. The maximum absolute atomic E-state index is 12.0. The van der Waals surface area contributed by atoms with Gasteiger partial charge in [0, 0.05) is 19.8 Å². The van der Waals surface area contributed by atoms with Crippen LogP contribution in [0.2, 0.25) is 5.02 Å². The minimum atomic E-state index is -0.252. The summed E-state index contributed by atoms with van der Waals surface area (Å²) >= 11 is 5.96. The maximum Gasteiger partial charge on any atom is 0.253 e.